The molecule has 0 bridgehead atoms. The maximum atomic E-state index is 12.4. The Kier molecular flexibility index (Phi) is 6.03. The number of amides is 1. The Bertz CT molecular complexity index is 1080. The molecule has 3 rings (SSSR count). The molecule has 3 aromatic rings. The molecule has 9 heteroatoms. The molecule has 1 aromatic heterocycles. The molecule has 0 spiro atoms. The minimum absolute atomic E-state index is 0.0872. The molecule has 7 nitrogen and oxygen atoms in total. The van der Waals surface area contributed by atoms with Crippen LogP contribution in [-0.2, 0) is 10.0 Å². The predicted molar refractivity (Wildman–Crippen MR) is 108 cm³/mol. The standard InChI is InChI=1S/C19H15ClN4O3S/c20-16-3-7-18(8-4-16)28(26,27)24-17-5-1-15(2-6-17)19(25)23-22-13-14-9-11-21-12-10-14/h1-13,24H,(H,23,25). The van der Waals surface area contributed by atoms with E-state index in [1.807, 2.05) is 0 Å². The molecule has 0 aliphatic rings. The zero-order chi connectivity index (χ0) is 20.0. The number of sulfonamides is 1. The van der Waals surface area contributed by atoms with Gasteiger partial charge in [0.1, 0.15) is 0 Å². The van der Waals surface area contributed by atoms with Crippen molar-refractivity contribution in [1.29, 1.82) is 0 Å². The molecule has 2 aromatic carbocycles. The molecule has 28 heavy (non-hydrogen) atoms. The third-order valence-electron chi connectivity index (χ3n) is 3.61. The number of nitrogens with zero attached hydrogens (tertiary/aromatic N) is 2. The van der Waals surface area contributed by atoms with Crippen molar-refractivity contribution >= 4 is 39.4 Å². The maximum Gasteiger partial charge on any atom is 0.271 e. The third-order valence-corrected chi connectivity index (χ3v) is 5.26. The Balaban J connectivity index is 1.63. The maximum absolute atomic E-state index is 12.4. The fraction of sp³-hybridized carbons (Fsp3) is 0. The highest BCUT2D eigenvalue weighted by Crippen LogP contribution is 2.18. The number of aromatic nitrogens is 1. The number of hydrazone groups is 1. The molecule has 2 N–H and O–H groups in total. The summed E-state index contributed by atoms with van der Waals surface area (Å²) >= 11 is 5.77. The molecule has 1 heterocycles. The van der Waals surface area contributed by atoms with Crippen LogP contribution in [0, 0.1) is 0 Å². The summed E-state index contributed by atoms with van der Waals surface area (Å²) in [6, 6.07) is 15.3. The summed E-state index contributed by atoms with van der Waals surface area (Å²) < 4.78 is 27.1. The SMILES string of the molecule is O=C(NN=Cc1ccncc1)c1ccc(NS(=O)(=O)c2ccc(Cl)cc2)cc1. The number of nitrogens with one attached hydrogen (secondary N) is 2. The largest absolute Gasteiger partial charge is 0.280 e. The number of benzene rings is 2. The number of hydrogen-bond acceptors (Lipinski definition) is 5. The minimum atomic E-state index is -3.75. The van der Waals surface area contributed by atoms with Crippen LogP contribution < -0.4 is 10.1 Å². The van der Waals surface area contributed by atoms with Crippen molar-refractivity contribution in [1.82, 2.24) is 10.4 Å². The van der Waals surface area contributed by atoms with Crippen molar-refractivity contribution in [2.45, 2.75) is 4.90 Å². The van der Waals surface area contributed by atoms with E-state index >= 15 is 0 Å². The topological polar surface area (TPSA) is 101 Å². The van der Waals surface area contributed by atoms with E-state index in [0.717, 1.165) is 5.56 Å². The summed E-state index contributed by atoms with van der Waals surface area (Å²) in [5.41, 5.74) is 3.86. The van der Waals surface area contributed by atoms with Crippen LogP contribution in [0.15, 0.2) is 83.1 Å². The lowest BCUT2D eigenvalue weighted by Crippen LogP contribution is -2.18. The second-order valence-corrected chi connectivity index (χ2v) is 7.74. The molecular weight excluding hydrogens is 400 g/mol. The first-order chi connectivity index (χ1) is 13.4. The van der Waals surface area contributed by atoms with Crippen LogP contribution in [0.2, 0.25) is 5.02 Å². The average Bonchev–Trinajstić information content (AvgIpc) is 2.69. The van der Waals surface area contributed by atoms with E-state index in [1.54, 1.807) is 24.5 Å². The molecule has 0 atom stereocenters. The van der Waals surface area contributed by atoms with Crippen LogP contribution >= 0.6 is 11.6 Å². The highest BCUT2D eigenvalue weighted by Gasteiger charge is 2.14. The van der Waals surface area contributed by atoms with Gasteiger partial charge in [0, 0.05) is 28.7 Å². The number of pyridine rings is 1. The molecule has 0 unspecified atom stereocenters. The van der Waals surface area contributed by atoms with Gasteiger partial charge < -0.3 is 0 Å². The van der Waals surface area contributed by atoms with E-state index in [4.69, 9.17) is 11.6 Å². The van der Waals surface area contributed by atoms with Crippen molar-refractivity contribution in [2.75, 3.05) is 4.72 Å². The predicted octanol–water partition coefficient (Wildman–Crippen LogP) is 3.30. The first kappa shape index (κ1) is 19.5. The summed E-state index contributed by atoms with van der Waals surface area (Å²) in [6.07, 6.45) is 4.73. The summed E-state index contributed by atoms with van der Waals surface area (Å²) in [5.74, 6) is -0.419. The Morgan fingerprint density at radius 3 is 2.25 bits per heavy atom. The van der Waals surface area contributed by atoms with E-state index in [-0.39, 0.29) is 4.90 Å². The smallest absolute Gasteiger partial charge is 0.271 e. The molecule has 1 amide bonds. The van der Waals surface area contributed by atoms with E-state index in [2.05, 4.69) is 20.2 Å². The molecule has 0 aliphatic carbocycles. The van der Waals surface area contributed by atoms with E-state index in [0.29, 0.717) is 16.3 Å². The molecule has 142 valence electrons. The Hall–Kier alpha value is -3.23. The highest BCUT2D eigenvalue weighted by molar-refractivity contribution is 7.92. The van der Waals surface area contributed by atoms with Gasteiger partial charge in [-0.2, -0.15) is 5.10 Å². The second-order valence-electron chi connectivity index (χ2n) is 5.62. The van der Waals surface area contributed by atoms with Crippen LogP contribution in [0.4, 0.5) is 5.69 Å². The van der Waals surface area contributed by atoms with Crippen molar-refractivity contribution in [2.24, 2.45) is 5.10 Å². The second kappa shape index (κ2) is 8.64. The number of hydrogen-bond donors (Lipinski definition) is 2. The van der Waals surface area contributed by atoms with E-state index in [9.17, 15) is 13.2 Å². The monoisotopic (exact) mass is 414 g/mol. The first-order valence-electron chi connectivity index (χ1n) is 8.06. The Labute approximate surface area is 167 Å². The fourth-order valence-electron chi connectivity index (χ4n) is 2.20. The number of halogens is 1. The van der Waals surface area contributed by atoms with Gasteiger partial charge in [0.25, 0.3) is 15.9 Å². The van der Waals surface area contributed by atoms with Crippen molar-refractivity contribution in [3.8, 4) is 0 Å². The third kappa shape index (κ3) is 5.15. The highest BCUT2D eigenvalue weighted by atomic mass is 35.5. The lowest BCUT2D eigenvalue weighted by molar-refractivity contribution is 0.0955. The van der Waals surface area contributed by atoms with Gasteiger partial charge in [-0.25, -0.2) is 13.8 Å². The molecule has 0 aliphatic heterocycles. The zero-order valence-corrected chi connectivity index (χ0v) is 16.0. The average molecular weight is 415 g/mol. The van der Waals surface area contributed by atoms with E-state index < -0.39 is 15.9 Å². The zero-order valence-electron chi connectivity index (χ0n) is 14.4. The number of rotatable bonds is 6. The van der Waals surface area contributed by atoms with Gasteiger partial charge in [-0.15, -0.1) is 0 Å². The van der Waals surface area contributed by atoms with Crippen LogP contribution in [0.5, 0.6) is 0 Å². The summed E-state index contributed by atoms with van der Waals surface area (Å²) in [4.78, 5) is 16.1. The van der Waals surface area contributed by atoms with Gasteiger partial charge >= 0.3 is 0 Å². The molecule has 0 fully saturated rings. The normalized spacial score (nSPS) is 11.3. The van der Waals surface area contributed by atoms with Gasteiger partial charge in [-0.05, 0) is 66.2 Å². The molecule has 0 radical (unpaired) electrons. The van der Waals surface area contributed by atoms with Crippen LogP contribution in [-0.4, -0.2) is 25.5 Å². The quantitative estimate of drug-likeness (QED) is 0.477. The summed E-state index contributed by atoms with van der Waals surface area (Å²) in [5, 5.41) is 4.32. The Morgan fingerprint density at radius 1 is 0.964 bits per heavy atom. The van der Waals surface area contributed by atoms with Gasteiger partial charge in [-0.3, -0.25) is 14.5 Å². The van der Waals surface area contributed by atoms with Crippen LogP contribution in [0.25, 0.3) is 0 Å². The van der Waals surface area contributed by atoms with Crippen molar-refractivity contribution in [3.05, 3.63) is 89.2 Å². The van der Waals surface area contributed by atoms with Crippen LogP contribution in [0.1, 0.15) is 15.9 Å². The summed E-state index contributed by atoms with van der Waals surface area (Å²) in [6.45, 7) is 0. The van der Waals surface area contributed by atoms with Gasteiger partial charge in [0.2, 0.25) is 0 Å². The number of carbonyl (C=O) groups excluding carboxylic acids is 1. The van der Waals surface area contributed by atoms with Crippen molar-refractivity contribution in [3.63, 3.8) is 0 Å². The number of anilines is 1. The van der Waals surface area contributed by atoms with Gasteiger partial charge in [0.15, 0.2) is 0 Å². The first-order valence-corrected chi connectivity index (χ1v) is 9.92. The molecular formula is C19H15ClN4O3S. The lowest BCUT2D eigenvalue weighted by atomic mass is 10.2. The number of carbonyl (C=O) groups is 1. The fourth-order valence-corrected chi connectivity index (χ4v) is 3.38. The van der Waals surface area contributed by atoms with Gasteiger partial charge in [-0.1, -0.05) is 11.6 Å². The summed E-state index contributed by atoms with van der Waals surface area (Å²) in [7, 11) is -3.75. The van der Waals surface area contributed by atoms with Crippen molar-refractivity contribution < 1.29 is 13.2 Å². The molecule has 0 saturated heterocycles. The Morgan fingerprint density at radius 2 is 1.61 bits per heavy atom. The van der Waals surface area contributed by atoms with Gasteiger partial charge in [0.05, 0.1) is 11.1 Å². The lowest BCUT2D eigenvalue weighted by Gasteiger charge is -2.08. The molecule has 0 saturated carbocycles. The van der Waals surface area contributed by atoms with E-state index in [1.165, 1.54) is 54.7 Å². The van der Waals surface area contributed by atoms with Crippen LogP contribution in [0.3, 0.4) is 0 Å². The minimum Gasteiger partial charge on any atom is -0.280 e.